The number of aryl methyl sites for hydroxylation is 1. The molecule has 1 aliphatic carbocycles. The Hall–Kier alpha value is -6.93. The lowest BCUT2D eigenvalue weighted by Gasteiger charge is -2.18. The number of anilines is 2. The van der Waals surface area contributed by atoms with Gasteiger partial charge in [-0.2, -0.15) is 14.6 Å². The number of hydrogen-bond donors (Lipinski definition) is 4. The average molecular weight is 847 g/mol. The van der Waals surface area contributed by atoms with Crippen LogP contribution in [-0.2, 0) is 21.6 Å². The van der Waals surface area contributed by atoms with Crippen LogP contribution >= 0.6 is 12.2 Å². The van der Waals surface area contributed by atoms with E-state index in [4.69, 9.17) is 35.6 Å². The number of nitrogens with one attached hydrogen (secondary N) is 3. The van der Waals surface area contributed by atoms with Gasteiger partial charge in [-0.15, -0.1) is 10.8 Å². The molecule has 2 aliphatic rings. The zero-order valence-corrected chi connectivity index (χ0v) is 33.7. The Balaban J connectivity index is 0.713. The summed E-state index contributed by atoms with van der Waals surface area (Å²) in [5.74, 6) is 0.354. The minimum atomic E-state index is -1.16. The number of fused-ring (bicyclic) bond motifs is 5. The lowest BCUT2D eigenvalue weighted by atomic mass is 9.90. The smallest absolute Gasteiger partial charge is 0.336 e. The predicted octanol–water partition coefficient (Wildman–Crippen LogP) is 5.84. The first kappa shape index (κ1) is 40.8. The standard InChI is InChI=1S/C42H41N9O9S/c1-50-24-32-37(48-50)47-41(51-39(32)46-38(49-51)33-7-5-17-57-33)43-15-6-16-56-19-20-59-58-18-4-2-3-14-44-42(61)45-25-8-11-28(31(21-25)40(54)55)36-29-12-9-26(52)22-34(29)60-35-23-27(53)10-13-30(35)36/h5,7-13,17,21-24,52H,2-4,6,14-16,18-20H2,1H3,(H,54,55)(H,43,47,48)(H2,44,45,61)/p-1. The summed E-state index contributed by atoms with van der Waals surface area (Å²) in [6.07, 6.45) is 6.61. The van der Waals surface area contributed by atoms with Crippen molar-refractivity contribution in [2.24, 2.45) is 7.05 Å². The lowest BCUT2D eigenvalue weighted by Crippen LogP contribution is -2.29. The summed E-state index contributed by atoms with van der Waals surface area (Å²) < 4.78 is 20.4. The molecule has 0 amide bonds. The van der Waals surface area contributed by atoms with Crippen LogP contribution in [0.2, 0.25) is 0 Å². The van der Waals surface area contributed by atoms with Crippen LogP contribution in [0.5, 0.6) is 5.75 Å². The molecular weight excluding hydrogens is 807 g/mol. The molecule has 61 heavy (non-hydrogen) atoms. The summed E-state index contributed by atoms with van der Waals surface area (Å²) in [5, 5.41) is 42.5. The second-order valence-corrected chi connectivity index (χ2v) is 14.4. The average Bonchev–Trinajstić information content (AvgIpc) is 4.02. The van der Waals surface area contributed by atoms with E-state index < -0.39 is 5.97 Å². The van der Waals surface area contributed by atoms with Crippen molar-refractivity contribution in [3.05, 3.63) is 95.0 Å². The number of thiocarbonyl (C=S) groups is 1. The fourth-order valence-electron chi connectivity index (χ4n) is 6.81. The molecule has 0 radical (unpaired) electrons. The van der Waals surface area contributed by atoms with Crippen molar-refractivity contribution in [3.8, 4) is 39.8 Å². The number of ether oxygens (including phenoxy) is 1. The number of aromatic carboxylic acids is 1. The Morgan fingerprint density at radius 1 is 0.885 bits per heavy atom. The molecule has 0 saturated heterocycles. The molecule has 1 aliphatic heterocycles. The zero-order chi connectivity index (χ0) is 42.3. The number of hydrogen-bond acceptors (Lipinski definition) is 14. The molecular formula is C42H40N9O9S-. The number of aromatic nitrogens is 6. The van der Waals surface area contributed by atoms with Crippen LogP contribution in [0, 0.1) is 0 Å². The molecule has 8 rings (SSSR count). The van der Waals surface area contributed by atoms with Gasteiger partial charge in [-0.1, -0.05) is 18.2 Å². The third kappa shape index (κ3) is 9.44. The van der Waals surface area contributed by atoms with Crippen LogP contribution in [0.3, 0.4) is 0 Å². The maximum atomic E-state index is 12.5. The van der Waals surface area contributed by atoms with E-state index in [1.165, 1.54) is 30.3 Å². The number of benzene rings is 3. The maximum Gasteiger partial charge on any atom is 0.336 e. The largest absolute Gasteiger partial charge is 0.872 e. The van der Waals surface area contributed by atoms with E-state index in [0.29, 0.717) is 108 Å². The van der Waals surface area contributed by atoms with Gasteiger partial charge in [-0.25, -0.2) is 19.6 Å². The van der Waals surface area contributed by atoms with Crippen LogP contribution in [0.4, 0.5) is 11.6 Å². The van der Waals surface area contributed by atoms with Crippen LogP contribution in [-0.4, -0.2) is 85.1 Å². The Kier molecular flexibility index (Phi) is 12.4. The quantitative estimate of drug-likeness (QED) is 0.0246. The van der Waals surface area contributed by atoms with E-state index in [1.807, 2.05) is 13.2 Å². The molecule has 0 bridgehead atoms. The van der Waals surface area contributed by atoms with Crippen molar-refractivity contribution in [2.45, 2.75) is 25.7 Å². The second kappa shape index (κ2) is 18.6. The van der Waals surface area contributed by atoms with Crippen LogP contribution in [0.1, 0.15) is 36.0 Å². The summed E-state index contributed by atoms with van der Waals surface area (Å²) in [6, 6.07) is 17.1. The Bertz CT molecular complexity index is 2860. The maximum absolute atomic E-state index is 12.5. The van der Waals surface area contributed by atoms with Gasteiger partial charge in [0.2, 0.25) is 11.8 Å². The first-order valence-corrected chi connectivity index (χ1v) is 19.9. The van der Waals surface area contributed by atoms with Crippen molar-refractivity contribution in [1.82, 2.24) is 34.7 Å². The van der Waals surface area contributed by atoms with Gasteiger partial charge in [-0.3, -0.25) is 9.48 Å². The van der Waals surface area contributed by atoms with Crippen LogP contribution < -0.4 is 26.5 Å². The van der Waals surface area contributed by atoms with Crippen molar-refractivity contribution in [2.75, 3.05) is 50.2 Å². The van der Waals surface area contributed by atoms with Gasteiger partial charge >= 0.3 is 5.97 Å². The number of furan rings is 1. The van der Waals surface area contributed by atoms with E-state index in [9.17, 15) is 19.8 Å². The van der Waals surface area contributed by atoms with Gasteiger partial charge in [0, 0.05) is 61.2 Å². The van der Waals surface area contributed by atoms with Crippen molar-refractivity contribution < 1.29 is 38.4 Å². The Labute approximate surface area is 352 Å². The molecule has 314 valence electrons. The fraction of sp³-hybridized carbons (Fsp3) is 0.262. The van der Waals surface area contributed by atoms with E-state index >= 15 is 0 Å². The molecule has 0 fully saturated rings. The number of unbranched alkanes of at least 4 members (excludes halogenated alkanes) is 2. The predicted molar refractivity (Wildman–Crippen MR) is 228 cm³/mol. The second-order valence-electron chi connectivity index (χ2n) is 14.0. The molecule has 4 aromatic heterocycles. The summed E-state index contributed by atoms with van der Waals surface area (Å²) in [6.45, 7) is 2.79. The molecule has 19 heteroatoms. The SMILES string of the molecule is Cn1cc2c(nc(NCCCOCCOOCCCCCNC(=S)Nc3ccc(-c4c5ccc(=O)cc-5oc5cc([O-])ccc45)c(C(=O)O)c3)n3nc(-c4ccco4)nc23)n1. The van der Waals surface area contributed by atoms with Gasteiger partial charge in [0.1, 0.15) is 18.0 Å². The summed E-state index contributed by atoms with van der Waals surface area (Å²) in [4.78, 5) is 44.5. The highest BCUT2D eigenvalue weighted by molar-refractivity contribution is 7.80. The third-order valence-electron chi connectivity index (χ3n) is 9.59. The van der Waals surface area contributed by atoms with E-state index in [-0.39, 0.29) is 28.1 Å². The fourth-order valence-corrected chi connectivity index (χ4v) is 7.03. The van der Waals surface area contributed by atoms with Gasteiger partial charge in [0.05, 0.1) is 30.4 Å². The highest BCUT2D eigenvalue weighted by Crippen LogP contribution is 2.42. The van der Waals surface area contributed by atoms with Crippen molar-refractivity contribution in [1.29, 1.82) is 0 Å². The van der Waals surface area contributed by atoms with E-state index in [2.05, 4.69) is 36.1 Å². The molecule has 5 heterocycles. The normalized spacial score (nSPS) is 11.6. The van der Waals surface area contributed by atoms with Crippen LogP contribution in [0.25, 0.3) is 61.7 Å². The molecule has 4 N–H and O–H groups in total. The molecule has 0 atom stereocenters. The third-order valence-corrected chi connectivity index (χ3v) is 9.83. The molecule has 6 aromatic rings. The zero-order valence-electron chi connectivity index (χ0n) is 32.9. The molecule has 2 aromatic carbocycles. The highest BCUT2D eigenvalue weighted by atomic mass is 32.1. The number of carboxylic acid groups (broad SMARTS) is 1. The summed E-state index contributed by atoms with van der Waals surface area (Å²) in [5.41, 5.74) is 3.12. The van der Waals surface area contributed by atoms with E-state index in [0.717, 1.165) is 24.6 Å². The topological polar surface area (TPSA) is 228 Å². The minimum absolute atomic E-state index is 0.00446. The molecule has 18 nitrogen and oxygen atoms in total. The Morgan fingerprint density at radius 2 is 1.75 bits per heavy atom. The minimum Gasteiger partial charge on any atom is -0.872 e. The lowest BCUT2D eigenvalue weighted by molar-refractivity contribution is -0.299. The molecule has 0 spiro atoms. The number of carboxylic acids is 1. The van der Waals surface area contributed by atoms with Crippen LogP contribution in [0.15, 0.2) is 92.8 Å². The van der Waals surface area contributed by atoms with Crippen molar-refractivity contribution >= 4 is 62.6 Å². The van der Waals surface area contributed by atoms with Crippen molar-refractivity contribution in [3.63, 3.8) is 0 Å². The van der Waals surface area contributed by atoms with Gasteiger partial charge in [0.15, 0.2) is 27.6 Å². The number of carbonyl (C=O) groups is 1. The molecule has 0 saturated carbocycles. The van der Waals surface area contributed by atoms with Gasteiger partial charge in [0.25, 0.3) is 0 Å². The van der Waals surface area contributed by atoms with Gasteiger partial charge in [-0.05, 0) is 85.9 Å². The summed E-state index contributed by atoms with van der Waals surface area (Å²) >= 11 is 5.47. The first-order valence-electron chi connectivity index (χ1n) is 19.5. The summed E-state index contributed by atoms with van der Waals surface area (Å²) in [7, 11) is 1.83. The highest BCUT2D eigenvalue weighted by Gasteiger charge is 2.22. The van der Waals surface area contributed by atoms with Gasteiger partial charge < -0.3 is 39.7 Å². The monoisotopic (exact) mass is 846 g/mol. The Morgan fingerprint density at radius 3 is 2.61 bits per heavy atom. The van der Waals surface area contributed by atoms with E-state index in [1.54, 1.807) is 51.9 Å². The molecule has 0 unspecified atom stereocenters. The number of rotatable bonds is 19. The number of nitrogens with zero attached hydrogens (tertiary/aromatic N) is 6. The first-order chi connectivity index (χ1) is 29.7.